The van der Waals surface area contributed by atoms with Crippen LogP contribution < -0.4 is 0 Å². The molecular formula is C14H24O2. The summed E-state index contributed by atoms with van der Waals surface area (Å²) in [6, 6.07) is 0. The number of hydrogen-bond acceptors (Lipinski definition) is 2. The van der Waals surface area contributed by atoms with Gasteiger partial charge in [-0.3, -0.25) is 4.79 Å². The van der Waals surface area contributed by atoms with Gasteiger partial charge in [-0.15, -0.1) is 13.2 Å². The molecule has 0 N–H and O–H groups in total. The van der Waals surface area contributed by atoms with Crippen molar-refractivity contribution in [3.63, 3.8) is 0 Å². The van der Waals surface area contributed by atoms with Gasteiger partial charge in [-0.25, -0.2) is 0 Å². The highest BCUT2D eigenvalue weighted by Crippen LogP contribution is 2.36. The van der Waals surface area contributed by atoms with Gasteiger partial charge in [0.2, 0.25) is 0 Å². The number of carbonyl (C=O) groups is 1. The second-order valence-electron chi connectivity index (χ2n) is 4.32. The van der Waals surface area contributed by atoms with Gasteiger partial charge in [-0.2, -0.15) is 0 Å². The Kier molecular flexibility index (Phi) is 6.78. The smallest absolute Gasteiger partial charge is 0.312 e. The first kappa shape index (κ1) is 14.9. The number of allylic oxidation sites excluding steroid dienone is 2. The molecule has 0 fully saturated rings. The Labute approximate surface area is 99.4 Å². The first-order chi connectivity index (χ1) is 7.52. The lowest BCUT2D eigenvalue weighted by Gasteiger charge is -2.30. The van der Waals surface area contributed by atoms with E-state index < -0.39 is 5.41 Å². The minimum absolute atomic E-state index is 0.0950. The zero-order valence-electron chi connectivity index (χ0n) is 10.8. The van der Waals surface area contributed by atoms with Gasteiger partial charge in [0.1, 0.15) is 0 Å². The summed E-state index contributed by atoms with van der Waals surface area (Å²) in [6.45, 7) is 13.9. The minimum atomic E-state index is -0.407. The van der Waals surface area contributed by atoms with E-state index in [-0.39, 0.29) is 5.97 Å². The third-order valence-corrected chi connectivity index (χ3v) is 2.85. The molecule has 0 heterocycles. The minimum Gasteiger partial charge on any atom is -0.466 e. The Bertz CT molecular complexity index is 255. The molecule has 92 valence electrons. The summed E-state index contributed by atoms with van der Waals surface area (Å²) in [5.41, 5.74) is 0.620. The van der Waals surface area contributed by atoms with Crippen LogP contribution in [0.4, 0.5) is 0 Å². The highest BCUT2D eigenvalue weighted by atomic mass is 16.5. The van der Waals surface area contributed by atoms with E-state index in [0.29, 0.717) is 13.0 Å². The van der Waals surface area contributed by atoms with Crippen molar-refractivity contribution in [1.82, 2.24) is 0 Å². The summed E-state index contributed by atoms with van der Waals surface area (Å²) in [5.74, 6) is -0.0950. The Morgan fingerprint density at radius 2 is 2.06 bits per heavy atom. The molecule has 0 spiro atoms. The predicted octanol–water partition coefficient (Wildman–Crippen LogP) is 3.88. The van der Waals surface area contributed by atoms with Gasteiger partial charge in [-0.1, -0.05) is 18.6 Å². The predicted molar refractivity (Wildman–Crippen MR) is 68.2 cm³/mol. The maximum Gasteiger partial charge on any atom is 0.312 e. The van der Waals surface area contributed by atoms with E-state index in [1.807, 2.05) is 26.8 Å². The van der Waals surface area contributed by atoms with E-state index in [9.17, 15) is 4.79 Å². The maximum absolute atomic E-state index is 12.0. The molecule has 0 aliphatic rings. The molecule has 0 saturated carbocycles. The van der Waals surface area contributed by atoms with Gasteiger partial charge in [0.05, 0.1) is 12.0 Å². The van der Waals surface area contributed by atoms with E-state index in [2.05, 4.69) is 13.2 Å². The Hall–Kier alpha value is -1.05. The molecule has 0 aromatic heterocycles. The van der Waals surface area contributed by atoms with Crippen LogP contribution in [0.1, 0.15) is 46.5 Å². The van der Waals surface area contributed by atoms with Crippen molar-refractivity contribution < 1.29 is 9.53 Å². The lowest BCUT2D eigenvalue weighted by Crippen LogP contribution is -2.32. The third-order valence-electron chi connectivity index (χ3n) is 2.85. The summed E-state index contributed by atoms with van der Waals surface area (Å²) >= 11 is 0. The third kappa shape index (κ3) is 4.21. The van der Waals surface area contributed by atoms with Crippen molar-refractivity contribution in [2.24, 2.45) is 5.41 Å². The monoisotopic (exact) mass is 224 g/mol. The number of carbonyl (C=O) groups excluding carboxylic acids is 1. The van der Waals surface area contributed by atoms with Crippen LogP contribution in [-0.4, -0.2) is 12.6 Å². The highest BCUT2D eigenvalue weighted by molar-refractivity contribution is 5.77. The molecule has 0 bridgehead atoms. The van der Waals surface area contributed by atoms with Crippen LogP contribution >= 0.6 is 0 Å². The van der Waals surface area contributed by atoms with E-state index in [1.54, 1.807) is 0 Å². The summed E-state index contributed by atoms with van der Waals surface area (Å²) in [6.07, 6.45) is 4.96. The molecule has 0 saturated heterocycles. The molecule has 0 aliphatic carbocycles. The first-order valence-corrected chi connectivity index (χ1v) is 5.95. The van der Waals surface area contributed by atoms with Crippen molar-refractivity contribution in [1.29, 1.82) is 0 Å². The Morgan fingerprint density at radius 3 is 2.44 bits per heavy atom. The lowest BCUT2D eigenvalue weighted by atomic mass is 9.76. The number of esters is 1. The Morgan fingerprint density at radius 1 is 1.44 bits per heavy atom. The molecule has 0 rings (SSSR count). The molecule has 2 heteroatoms. The van der Waals surface area contributed by atoms with Crippen LogP contribution in [-0.2, 0) is 9.53 Å². The van der Waals surface area contributed by atoms with Gasteiger partial charge >= 0.3 is 5.97 Å². The average Bonchev–Trinajstić information content (AvgIpc) is 2.24. The van der Waals surface area contributed by atoms with Crippen molar-refractivity contribution >= 4 is 5.97 Å². The standard InChI is InChI=1S/C14H24O2/c1-6-9-10-14(7-2,11-12(4)5)13(15)16-8-3/h6H,1,4,7-11H2,2-3,5H3. The van der Waals surface area contributed by atoms with Crippen LogP contribution in [0.25, 0.3) is 0 Å². The quantitative estimate of drug-likeness (QED) is 0.462. The molecule has 0 radical (unpaired) electrons. The number of hydrogen-bond donors (Lipinski definition) is 0. The fourth-order valence-electron chi connectivity index (χ4n) is 1.95. The summed E-state index contributed by atoms with van der Waals surface area (Å²) in [4.78, 5) is 12.0. The molecule has 0 aliphatic heterocycles. The summed E-state index contributed by atoms with van der Waals surface area (Å²) in [7, 11) is 0. The average molecular weight is 224 g/mol. The van der Waals surface area contributed by atoms with Crippen molar-refractivity contribution in [3.05, 3.63) is 24.8 Å². The normalized spacial score (nSPS) is 13.9. The molecule has 0 aromatic carbocycles. The number of rotatable bonds is 8. The molecule has 2 nitrogen and oxygen atoms in total. The SMILES string of the molecule is C=CCCC(CC)(CC(=C)C)C(=O)OCC. The van der Waals surface area contributed by atoms with Crippen LogP contribution in [0.2, 0.25) is 0 Å². The first-order valence-electron chi connectivity index (χ1n) is 5.95. The molecule has 1 atom stereocenters. The molecule has 1 unspecified atom stereocenters. The van der Waals surface area contributed by atoms with E-state index in [4.69, 9.17) is 4.74 Å². The topological polar surface area (TPSA) is 26.3 Å². The maximum atomic E-state index is 12.0. The van der Waals surface area contributed by atoms with Crippen LogP contribution in [0.5, 0.6) is 0 Å². The van der Waals surface area contributed by atoms with Gasteiger partial charge in [-0.05, 0) is 39.5 Å². The summed E-state index contributed by atoms with van der Waals surface area (Å²) < 4.78 is 5.18. The largest absolute Gasteiger partial charge is 0.466 e. The van der Waals surface area contributed by atoms with Crippen molar-refractivity contribution in [3.8, 4) is 0 Å². The fraction of sp³-hybridized carbons (Fsp3) is 0.643. The number of ether oxygens (including phenoxy) is 1. The lowest BCUT2D eigenvalue weighted by molar-refractivity contribution is -0.156. The summed E-state index contributed by atoms with van der Waals surface area (Å²) in [5, 5.41) is 0. The second kappa shape index (κ2) is 7.26. The zero-order chi connectivity index (χ0) is 12.6. The van der Waals surface area contributed by atoms with Gasteiger partial charge in [0.25, 0.3) is 0 Å². The second-order valence-corrected chi connectivity index (χ2v) is 4.32. The molecule has 16 heavy (non-hydrogen) atoms. The van der Waals surface area contributed by atoms with E-state index in [1.165, 1.54) is 0 Å². The van der Waals surface area contributed by atoms with Crippen LogP contribution in [0.3, 0.4) is 0 Å². The van der Waals surface area contributed by atoms with Crippen molar-refractivity contribution in [2.45, 2.75) is 46.5 Å². The van der Waals surface area contributed by atoms with Crippen LogP contribution in [0.15, 0.2) is 24.8 Å². The Balaban J connectivity index is 4.84. The molecule has 0 aromatic rings. The van der Waals surface area contributed by atoms with Crippen LogP contribution in [0, 0.1) is 5.41 Å². The van der Waals surface area contributed by atoms with E-state index >= 15 is 0 Å². The highest BCUT2D eigenvalue weighted by Gasteiger charge is 2.37. The van der Waals surface area contributed by atoms with Gasteiger partial charge in [0, 0.05) is 0 Å². The van der Waals surface area contributed by atoms with Gasteiger partial charge < -0.3 is 4.74 Å². The molecular weight excluding hydrogens is 200 g/mol. The fourth-order valence-corrected chi connectivity index (χ4v) is 1.95. The molecule has 0 amide bonds. The van der Waals surface area contributed by atoms with Crippen molar-refractivity contribution in [2.75, 3.05) is 6.61 Å². The van der Waals surface area contributed by atoms with Gasteiger partial charge in [0.15, 0.2) is 0 Å². The zero-order valence-corrected chi connectivity index (χ0v) is 10.8. The van der Waals surface area contributed by atoms with E-state index in [0.717, 1.165) is 24.8 Å².